The maximum Gasteiger partial charge on any atom is 0.422 e. The van der Waals surface area contributed by atoms with Crippen LogP contribution in [0.4, 0.5) is 18.9 Å². The summed E-state index contributed by atoms with van der Waals surface area (Å²) >= 11 is 6.26. The van der Waals surface area contributed by atoms with Gasteiger partial charge in [-0.2, -0.15) is 13.2 Å². The summed E-state index contributed by atoms with van der Waals surface area (Å²) in [5.74, 6) is -2.32. The Hall–Kier alpha value is -4.10. The van der Waals surface area contributed by atoms with Crippen LogP contribution in [0.5, 0.6) is 11.5 Å². The number of benzene rings is 1. The number of carbonyl (C=O) groups is 2. The Kier molecular flexibility index (Phi) is 10.3. The van der Waals surface area contributed by atoms with Crippen molar-refractivity contribution in [2.45, 2.75) is 43.9 Å². The third kappa shape index (κ3) is 8.05. The Bertz CT molecular complexity index is 1510. The van der Waals surface area contributed by atoms with E-state index < -0.39 is 36.1 Å². The number of anilines is 1. The summed E-state index contributed by atoms with van der Waals surface area (Å²) in [5.41, 5.74) is -0.262. The van der Waals surface area contributed by atoms with Gasteiger partial charge < -0.3 is 29.8 Å². The zero-order valence-electron chi connectivity index (χ0n) is 23.3. The van der Waals surface area contributed by atoms with Crippen LogP contribution in [0.2, 0.25) is 5.02 Å². The van der Waals surface area contributed by atoms with Gasteiger partial charge in [-0.1, -0.05) is 11.6 Å². The van der Waals surface area contributed by atoms with Crippen LogP contribution in [0.25, 0.3) is 11.1 Å². The minimum Gasteiger partial charge on any atom is -0.495 e. The monoisotopic (exact) mass is 622 g/mol. The number of carbonyl (C=O) groups excluding carboxylic acids is 2. The van der Waals surface area contributed by atoms with E-state index in [1.807, 2.05) is 0 Å². The summed E-state index contributed by atoms with van der Waals surface area (Å²) in [7, 11) is 2.78. The molecule has 1 aliphatic rings. The van der Waals surface area contributed by atoms with Gasteiger partial charge in [0.15, 0.2) is 6.61 Å². The van der Waals surface area contributed by atoms with Crippen LogP contribution < -0.4 is 25.7 Å². The SMILES string of the molecule is CNC(=O)c1ccc(NC(=O)C(C[C@H]2CCCCO2)c2c(-c3cc(Cl)ccc3OCC(F)(F)F)c(OC)c[nH]c2=O)cn1. The van der Waals surface area contributed by atoms with Crippen molar-refractivity contribution in [2.75, 3.05) is 32.7 Å². The zero-order chi connectivity index (χ0) is 31.1. The molecule has 43 heavy (non-hydrogen) atoms. The van der Waals surface area contributed by atoms with Crippen molar-refractivity contribution in [1.29, 1.82) is 0 Å². The zero-order valence-corrected chi connectivity index (χ0v) is 24.1. The van der Waals surface area contributed by atoms with Gasteiger partial charge in [-0.3, -0.25) is 14.4 Å². The smallest absolute Gasteiger partial charge is 0.422 e. The standard InChI is InChI=1S/C29H30ClF3N4O6/c1-34-27(39)21-8-7-17(13-35-21)37-26(38)20(12-18-5-3-4-10-42-18)25-24(23(41-2)14-36-28(25)40)19-11-16(30)6-9-22(19)43-15-29(31,32)33/h6-9,11,13-14,18,20H,3-5,10,12,15H2,1-2H3,(H,34,39)(H,36,40)(H,37,38)/t18-,20?/m1/s1. The number of rotatable bonds is 10. The Morgan fingerprint density at radius 3 is 2.63 bits per heavy atom. The number of alkyl halides is 3. The number of pyridine rings is 2. The van der Waals surface area contributed by atoms with Crippen LogP contribution in [-0.4, -0.2) is 61.4 Å². The third-order valence-electron chi connectivity index (χ3n) is 6.85. The summed E-state index contributed by atoms with van der Waals surface area (Å²) in [6.07, 6.45) is -0.0362. The molecule has 0 bridgehead atoms. The summed E-state index contributed by atoms with van der Waals surface area (Å²) in [6.45, 7) is -1.11. The lowest BCUT2D eigenvalue weighted by molar-refractivity contribution is -0.153. The Morgan fingerprint density at radius 2 is 2.00 bits per heavy atom. The van der Waals surface area contributed by atoms with E-state index in [2.05, 4.69) is 20.6 Å². The molecule has 1 saturated heterocycles. The summed E-state index contributed by atoms with van der Waals surface area (Å²) in [4.78, 5) is 46.0. The van der Waals surface area contributed by atoms with Crippen LogP contribution in [0, 0.1) is 0 Å². The molecule has 230 valence electrons. The molecule has 1 aromatic carbocycles. The highest BCUT2D eigenvalue weighted by Gasteiger charge is 2.34. The summed E-state index contributed by atoms with van der Waals surface area (Å²) in [5, 5.41) is 5.35. The highest BCUT2D eigenvalue weighted by Crippen LogP contribution is 2.43. The number of aromatic amines is 1. The van der Waals surface area contributed by atoms with Crippen LogP contribution >= 0.6 is 11.6 Å². The van der Waals surface area contributed by atoms with Gasteiger partial charge in [0.25, 0.3) is 11.5 Å². The number of amides is 2. The van der Waals surface area contributed by atoms with Crippen LogP contribution in [0.15, 0.2) is 47.5 Å². The Balaban J connectivity index is 1.84. The largest absolute Gasteiger partial charge is 0.495 e. The van der Waals surface area contributed by atoms with Gasteiger partial charge in [0.1, 0.15) is 17.2 Å². The van der Waals surface area contributed by atoms with Gasteiger partial charge in [0, 0.05) is 41.6 Å². The molecule has 2 aromatic heterocycles. The van der Waals surface area contributed by atoms with Crippen molar-refractivity contribution in [3.63, 3.8) is 0 Å². The molecular weight excluding hydrogens is 593 g/mol. The number of ether oxygens (including phenoxy) is 3. The van der Waals surface area contributed by atoms with E-state index in [0.29, 0.717) is 13.0 Å². The first-order valence-corrected chi connectivity index (χ1v) is 13.8. The maximum atomic E-state index is 13.9. The molecule has 2 amide bonds. The van der Waals surface area contributed by atoms with Gasteiger partial charge in [0.2, 0.25) is 5.91 Å². The Morgan fingerprint density at radius 1 is 1.21 bits per heavy atom. The average Bonchev–Trinajstić information content (AvgIpc) is 2.99. The first-order valence-electron chi connectivity index (χ1n) is 13.4. The van der Waals surface area contributed by atoms with E-state index in [9.17, 15) is 27.6 Å². The fourth-order valence-electron chi connectivity index (χ4n) is 4.85. The topological polar surface area (TPSA) is 132 Å². The van der Waals surface area contributed by atoms with E-state index in [0.717, 1.165) is 12.8 Å². The number of hydrogen-bond acceptors (Lipinski definition) is 7. The molecule has 1 aliphatic heterocycles. The molecule has 1 unspecified atom stereocenters. The molecule has 0 saturated carbocycles. The molecule has 3 N–H and O–H groups in total. The molecule has 0 aliphatic carbocycles. The number of halogens is 4. The quantitative estimate of drug-likeness (QED) is 0.287. The number of nitrogens with one attached hydrogen (secondary N) is 3. The van der Waals surface area contributed by atoms with E-state index >= 15 is 0 Å². The maximum absolute atomic E-state index is 13.9. The Labute approximate surface area is 249 Å². The molecule has 4 rings (SSSR count). The van der Waals surface area contributed by atoms with Gasteiger partial charge in [-0.25, -0.2) is 4.98 Å². The fourth-order valence-corrected chi connectivity index (χ4v) is 5.03. The van der Waals surface area contributed by atoms with Crippen molar-refractivity contribution in [3.8, 4) is 22.6 Å². The lowest BCUT2D eigenvalue weighted by Gasteiger charge is -2.28. The second-order valence-electron chi connectivity index (χ2n) is 9.80. The number of methoxy groups -OCH3 is 1. The highest BCUT2D eigenvalue weighted by molar-refractivity contribution is 6.31. The molecule has 1 fully saturated rings. The molecule has 0 spiro atoms. The van der Waals surface area contributed by atoms with Gasteiger partial charge in [-0.15, -0.1) is 0 Å². The third-order valence-corrected chi connectivity index (χ3v) is 7.08. The van der Waals surface area contributed by atoms with Crippen molar-refractivity contribution >= 4 is 29.1 Å². The summed E-state index contributed by atoms with van der Waals surface area (Å²) in [6, 6.07) is 6.87. The molecule has 3 aromatic rings. The van der Waals surface area contributed by atoms with Crippen LogP contribution in [-0.2, 0) is 9.53 Å². The summed E-state index contributed by atoms with van der Waals surface area (Å²) < 4.78 is 55.9. The molecule has 10 nitrogen and oxygen atoms in total. The molecular formula is C29H30ClF3N4O6. The highest BCUT2D eigenvalue weighted by atomic mass is 35.5. The molecule has 3 heterocycles. The predicted molar refractivity (Wildman–Crippen MR) is 153 cm³/mol. The van der Waals surface area contributed by atoms with Crippen molar-refractivity contribution in [2.24, 2.45) is 0 Å². The van der Waals surface area contributed by atoms with Crippen molar-refractivity contribution in [1.82, 2.24) is 15.3 Å². The van der Waals surface area contributed by atoms with E-state index in [1.165, 1.54) is 56.9 Å². The van der Waals surface area contributed by atoms with Crippen molar-refractivity contribution < 1.29 is 37.0 Å². The number of H-pyrrole nitrogens is 1. The van der Waals surface area contributed by atoms with Gasteiger partial charge in [0.05, 0.1) is 31.0 Å². The average molecular weight is 623 g/mol. The van der Waals surface area contributed by atoms with Gasteiger partial charge in [-0.05, 0) is 56.0 Å². The minimum absolute atomic E-state index is 0.0358. The van der Waals surface area contributed by atoms with E-state index in [4.69, 9.17) is 25.8 Å². The molecule has 0 radical (unpaired) electrons. The van der Waals surface area contributed by atoms with E-state index in [-0.39, 0.29) is 57.1 Å². The lowest BCUT2D eigenvalue weighted by atomic mass is 9.85. The number of hydrogen-bond donors (Lipinski definition) is 3. The van der Waals surface area contributed by atoms with Crippen LogP contribution in [0.3, 0.4) is 0 Å². The predicted octanol–water partition coefficient (Wildman–Crippen LogP) is 5.08. The number of nitrogens with zero attached hydrogens (tertiary/aromatic N) is 1. The first kappa shape index (κ1) is 31.8. The minimum atomic E-state index is -4.64. The first-order chi connectivity index (χ1) is 20.5. The normalized spacial score (nSPS) is 15.8. The number of aromatic nitrogens is 2. The molecule has 2 atom stereocenters. The van der Waals surface area contributed by atoms with E-state index in [1.54, 1.807) is 0 Å². The van der Waals surface area contributed by atoms with Gasteiger partial charge >= 0.3 is 6.18 Å². The second-order valence-corrected chi connectivity index (χ2v) is 10.2. The fraction of sp³-hybridized carbons (Fsp3) is 0.379. The lowest BCUT2D eigenvalue weighted by Crippen LogP contribution is -2.32. The van der Waals surface area contributed by atoms with Crippen molar-refractivity contribution in [3.05, 3.63) is 69.4 Å². The second kappa shape index (κ2) is 13.9. The molecule has 14 heteroatoms. The van der Waals surface area contributed by atoms with Crippen LogP contribution in [0.1, 0.15) is 47.7 Å².